The van der Waals surface area contributed by atoms with Crippen molar-refractivity contribution in [2.75, 3.05) is 12.3 Å². The first-order valence-electron chi connectivity index (χ1n) is 9.24. The predicted octanol–water partition coefficient (Wildman–Crippen LogP) is 0.934. The molecule has 1 aliphatic rings. The predicted molar refractivity (Wildman–Crippen MR) is 104 cm³/mol. The van der Waals surface area contributed by atoms with Crippen LogP contribution >= 0.6 is 0 Å². The smallest absolute Gasteiger partial charge is 0.338 e. The Morgan fingerprint density at radius 2 is 2.17 bits per heavy atom. The van der Waals surface area contributed by atoms with Crippen LogP contribution in [0.3, 0.4) is 0 Å². The zero-order valence-electron chi connectivity index (χ0n) is 15.8. The summed E-state index contributed by atoms with van der Waals surface area (Å²) in [6, 6.07) is 6.72. The van der Waals surface area contributed by atoms with Gasteiger partial charge >= 0.3 is 5.97 Å². The molecule has 1 aromatic carbocycles. The van der Waals surface area contributed by atoms with Gasteiger partial charge in [0.25, 0.3) is 0 Å². The summed E-state index contributed by atoms with van der Waals surface area (Å²) in [5.74, 6) is -0.242. The van der Waals surface area contributed by atoms with Gasteiger partial charge in [0.15, 0.2) is 11.5 Å². The van der Waals surface area contributed by atoms with E-state index in [1.54, 1.807) is 36.0 Å². The quantitative estimate of drug-likeness (QED) is 0.533. The number of benzene rings is 1. The van der Waals surface area contributed by atoms with Crippen molar-refractivity contribution in [3.05, 3.63) is 48.0 Å². The maximum Gasteiger partial charge on any atom is 0.338 e. The highest BCUT2D eigenvalue weighted by molar-refractivity contribution is 5.91. The van der Waals surface area contributed by atoms with Crippen molar-refractivity contribution in [3.63, 3.8) is 0 Å². The number of nitrogens with zero attached hydrogens (tertiary/aromatic N) is 4. The average molecular weight is 398 g/mol. The lowest BCUT2D eigenvalue weighted by Crippen LogP contribution is -2.30. The van der Waals surface area contributed by atoms with Crippen molar-refractivity contribution in [1.82, 2.24) is 19.5 Å². The maximum atomic E-state index is 12.8. The van der Waals surface area contributed by atoms with Crippen molar-refractivity contribution in [1.29, 1.82) is 0 Å². The van der Waals surface area contributed by atoms with Crippen molar-refractivity contribution in [2.24, 2.45) is 5.73 Å². The summed E-state index contributed by atoms with van der Waals surface area (Å²) < 4.78 is 13.3. The van der Waals surface area contributed by atoms with Gasteiger partial charge in [-0.1, -0.05) is 18.2 Å². The molecule has 1 saturated heterocycles. The molecule has 3 heterocycles. The molecule has 152 valence electrons. The van der Waals surface area contributed by atoms with Gasteiger partial charge in [0, 0.05) is 12.5 Å². The summed E-state index contributed by atoms with van der Waals surface area (Å²) in [4.78, 5) is 25.1. The fraction of sp³-hybridized carbons (Fsp3) is 0.368. The second kappa shape index (κ2) is 7.74. The van der Waals surface area contributed by atoms with Gasteiger partial charge in [-0.15, -0.1) is 0 Å². The Morgan fingerprint density at radius 1 is 1.38 bits per heavy atom. The van der Waals surface area contributed by atoms with Crippen LogP contribution in [0.15, 0.2) is 36.9 Å². The van der Waals surface area contributed by atoms with E-state index in [0.29, 0.717) is 28.7 Å². The molecule has 2 aromatic heterocycles. The highest BCUT2D eigenvalue weighted by Gasteiger charge is 2.39. The molecule has 1 aliphatic heterocycles. The second-order valence-electron chi connectivity index (χ2n) is 6.95. The highest BCUT2D eigenvalue weighted by atomic mass is 16.6. The number of hydrogen-bond donors (Lipinski definition) is 3. The number of fused-ring (bicyclic) bond motifs is 1. The molecule has 4 rings (SSSR count). The number of carbonyl (C=O) groups excluding carboxylic acids is 1. The Bertz CT molecular complexity index is 1040. The van der Waals surface area contributed by atoms with Crippen LogP contribution in [-0.2, 0) is 9.47 Å². The first kappa shape index (κ1) is 19.2. The molecule has 0 aliphatic carbocycles. The molecular weight excluding hydrogens is 376 g/mol. The maximum absolute atomic E-state index is 12.8. The number of anilines is 1. The van der Waals surface area contributed by atoms with Crippen LogP contribution in [0.25, 0.3) is 11.2 Å². The van der Waals surface area contributed by atoms with E-state index in [4.69, 9.17) is 20.9 Å². The standard InChI is InChI=1S/C19H22N6O4/c1-10(20)11-4-2-3-5-12(11)19(27)29-13-6-15(28-14(13)7-26)25-9-24-16-17(21)22-8-23-18(16)25/h2-5,8-10,13-15,26H,6-7,20H2,1H3,(H2,21,22,23)/t10?,13-,14?,15?/m1/s1. The molecule has 3 unspecified atom stereocenters. The second-order valence-corrected chi connectivity index (χ2v) is 6.95. The van der Waals surface area contributed by atoms with E-state index in [9.17, 15) is 9.90 Å². The number of aliphatic hydroxyl groups is 1. The number of aromatic nitrogens is 4. The van der Waals surface area contributed by atoms with Crippen molar-refractivity contribution < 1.29 is 19.4 Å². The molecule has 3 aromatic rings. The molecule has 29 heavy (non-hydrogen) atoms. The number of nitrogen functional groups attached to an aromatic ring is 1. The normalized spacial score (nSPS) is 22.7. The zero-order valence-corrected chi connectivity index (χ0v) is 15.8. The van der Waals surface area contributed by atoms with Crippen LogP contribution in [-0.4, -0.2) is 49.4 Å². The number of ether oxygens (including phenoxy) is 2. The van der Waals surface area contributed by atoms with Crippen LogP contribution in [0.1, 0.15) is 41.5 Å². The Balaban J connectivity index is 1.56. The molecule has 5 N–H and O–H groups in total. The monoisotopic (exact) mass is 398 g/mol. The summed E-state index contributed by atoms with van der Waals surface area (Å²) in [5.41, 5.74) is 13.9. The number of aliphatic hydroxyl groups excluding tert-OH is 1. The molecule has 0 spiro atoms. The number of imidazole rings is 1. The van der Waals surface area contributed by atoms with Gasteiger partial charge in [0.1, 0.15) is 30.3 Å². The van der Waals surface area contributed by atoms with Crippen LogP contribution in [0.2, 0.25) is 0 Å². The summed E-state index contributed by atoms with van der Waals surface area (Å²) in [5, 5.41) is 9.73. The van der Waals surface area contributed by atoms with Gasteiger partial charge in [-0.05, 0) is 18.6 Å². The fourth-order valence-corrected chi connectivity index (χ4v) is 3.52. The largest absolute Gasteiger partial charge is 0.456 e. The van der Waals surface area contributed by atoms with Crippen LogP contribution in [0.4, 0.5) is 5.82 Å². The molecule has 0 amide bonds. The number of rotatable bonds is 5. The van der Waals surface area contributed by atoms with Gasteiger partial charge in [-0.2, -0.15) is 0 Å². The SMILES string of the molecule is CC(N)c1ccccc1C(=O)O[C@@H]1CC(n2cnc3c(N)ncnc32)OC1CO. The molecular formula is C19H22N6O4. The minimum absolute atomic E-state index is 0.265. The molecule has 0 saturated carbocycles. The van der Waals surface area contributed by atoms with Crippen LogP contribution < -0.4 is 11.5 Å². The van der Waals surface area contributed by atoms with Crippen molar-refractivity contribution in [2.45, 2.75) is 37.8 Å². The van der Waals surface area contributed by atoms with Gasteiger partial charge in [-0.3, -0.25) is 4.57 Å². The third kappa shape index (κ3) is 3.53. The highest BCUT2D eigenvalue weighted by Crippen LogP contribution is 2.33. The molecule has 10 heteroatoms. The van der Waals surface area contributed by atoms with Crippen molar-refractivity contribution in [3.8, 4) is 0 Å². The third-order valence-corrected chi connectivity index (χ3v) is 4.99. The van der Waals surface area contributed by atoms with Gasteiger partial charge < -0.3 is 26.0 Å². The van der Waals surface area contributed by atoms with E-state index in [0.717, 1.165) is 0 Å². The minimum atomic E-state index is -0.678. The third-order valence-electron chi connectivity index (χ3n) is 4.99. The number of hydrogen-bond acceptors (Lipinski definition) is 9. The Morgan fingerprint density at radius 3 is 2.93 bits per heavy atom. The van der Waals surface area contributed by atoms with Gasteiger partial charge in [0.2, 0.25) is 0 Å². The lowest BCUT2D eigenvalue weighted by Gasteiger charge is -2.18. The molecule has 1 fully saturated rings. The topological polar surface area (TPSA) is 151 Å². The average Bonchev–Trinajstić information content (AvgIpc) is 3.32. The summed E-state index contributed by atoms with van der Waals surface area (Å²) in [6.45, 7) is 1.50. The number of carbonyl (C=O) groups is 1. The van der Waals surface area contributed by atoms with E-state index >= 15 is 0 Å². The zero-order chi connectivity index (χ0) is 20.5. The van der Waals surface area contributed by atoms with E-state index in [2.05, 4.69) is 15.0 Å². The lowest BCUT2D eigenvalue weighted by atomic mass is 10.0. The minimum Gasteiger partial charge on any atom is -0.456 e. The van der Waals surface area contributed by atoms with Crippen molar-refractivity contribution >= 4 is 23.0 Å². The van der Waals surface area contributed by atoms with E-state index in [1.807, 2.05) is 6.07 Å². The van der Waals surface area contributed by atoms with Gasteiger partial charge in [0.05, 0.1) is 18.5 Å². The number of esters is 1. The molecule has 0 radical (unpaired) electrons. The Kier molecular flexibility index (Phi) is 5.14. The van der Waals surface area contributed by atoms with Gasteiger partial charge in [-0.25, -0.2) is 19.7 Å². The fourth-order valence-electron chi connectivity index (χ4n) is 3.52. The van der Waals surface area contributed by atoms with E-state index in [1.165, 1.54) is 6.33 Å². The summed E-state index contributed by atoms with van der Waals surface area (Å²) in [7, 11) is 0. The number of nitrogens with two attached hydrogens (primary N) is 2. The van der Waals surface area contributed by atoms with E-state index in [-0.39, 0.29) is 18.5 Å². The molecule has 4 atom stereocenters. The first-order chi connectivity index (χ1) is 14.0. The Labute approximate surface area is 166 Å². The van der Waals surface area contributed by atoms with Crippen LogP contribution in [0, 0.1) is 0 Å². The molecule has 0 bridgehead atoms. The van der Waals surface area contributed by atoms with Crippen LogP contribution in [0.5, 0.6) is 0 Å². The lowest BCUT2D eigenvalue weighted by molar-refractivity contribution is -0.0500. The first-order valence-corrected chi connectivity index (χ1v) is 9.24. The summed E-state index contributed by atoms with van der Waals surface area (Å²) >= 11 is 0. The Hall–Kier alpha value is -3.08. The molecule has 10 nitrogen and oxygen atoms in total. The summed E-state index contributed by atoms with van der Waals surface area (Å²) in [6.07, 6.45) is 1.37. The van der Waals surface area contributed by atoms with E-state index < -0.39 is 24.4 Å².